The summed E-state index contributed by atoms with van der Waals surface area (Å²) in [5.41, 5.74) is 0. The van der Waals surface area contributed by atoms with Crippen molar-refractivity contribution in [1.29, 1.82) is 0 Å². The third-order valence-corrected chi connectivity index (χ3v) is 20.4. The number of carbonyl (C=O) groups excluding carboxylic acids is 4. The molecule has 6 atom stereocenters. The highest BCUT2D eigenvalue weighted by atomic mass is 31.2. The Labute approximate surface area is 594 Å². The standard InChI is InChI=1S/C78H152O17P2/c1-8-10-11-12-13-14-15-16-24-27-30-38-45-52-59-75(80)88-65-73(94-77(82)61-54-47-39-31-28-25-22-20-18-17-19-21-23-26-29-35-42-49-56-69(3)4)67-92-96(84,85)90-63-72(79)64-91-97(86,87)93-68-74(66-89-76(81)60-53-46-41-34-36-43-50-57-70(5)6)95-78(83)62-55-48-40-33-32-37-44-51-58-71(7)9-2/h69-74,79H,8-68H2,1-7H3,(H,84,85)(H,86,87)/t71?,72-,73-,74-/m1/s1. The molecule has 0 spiro atoms. The number of ether oxygens (including phenoxy) is 4. The van der Waals surface area contributed by atoms with E-state index in [2.05, 4.69) is 48.5 Å². The number of esters is 4. The predicted molar refractivity (Wildman–Crippen MR) is 395 cm³/mol. The second-order valence-corrected chi connectivity index (χ2v) is 32.2. The van der Waals surface area contributed by atoms with Gasteiger partial charge in [0.05, 0.1) is 26.4 Å². The van der Waals surface area contributed by atoms with Gasteiger partial charge in [-0.25, -0.2) is 9.13 Å². The summed E-state index contributed by atoms with van der Waals surface area (Å²) in [6, 6.07) is 0. The van der Waals surface area contributed by atoms with Crippen molar-refractivity contribution in [2.75, 3.05) is 39.6 Å². The second-order valence-electron chi connectivity index (χ2n) is 29.3. The zero-order valence-electron chi connectivity index (χ0n) is 63.5. The van der Waals surface area contributed by atoms with Gasteiger partial charge in [0.2, 0.25) is 0 Å². The van der Waals surface area contributed by atoms with Crippen LogP contribution in [0.15, 0.2) is 0 Å². The highest BCUT2D eigenvalue weighted by Crippen LogP contribution is 2.45. The Morgan fingerprint density at radius 2 is 0.526 bits per heavy atom. The van der Waals surface area contributed by atoms with Crippen molar-refractivity contribution in [3.05, 3.63) is 0 Å². The van der Waals surface area contributed by atoms with Gasteiger partial charge in [-0.3, -0.25) is 37.3 Å². The van der Waals surface area contributed by atoms with E-state index in [1.54, 1.807) is 0 Å². The molecule has 97 heavy (non-hydrogen) atoms. The molecule has 0 aromatic rings. The van der Waals surface area contributed by atoms with E-state index in [4.69, 9.17) is 37.0 Å². The van der Waals surface area contributed by atoms with E-state index in [-0.39, 0.29) is 25.7 Å². The van der Waals surface area contributed by atoms with Crippen LogP contribution in [-0.4, -0.2) is 96.7 Å². The minimum absolute atomic E-state index is 0.104. The molecule has 0 saturated heterocycles. The minimum Gasteiger partial charge on any atom is -0.462 e. The SMILES string of the molecule is CCCCCCCCCCCCCCCCC(=O)OC[C@H](COP(=O)(O)OC[C@@H](O)COP(=O)(O)OC[C@@H](COC(=O)CCCCCCCCCC(C)C)OC(=O)CCCCCCCCCCC(C)CC)OC(=O)CCCCCCCCCCCCCCCCCCCCC(C)C. The molecule has 0 fully saturated rings. The van der Waals surface area contributed by atoms with Gasteiger partial charge in [-0.05, 0) is 43.4 Å². The molecular formula is C78H152O17P2. The Morgan fingerprint density at radius 3 is 0.784 bits per heavy atom. The molecule has 0 bridgehead atoms. The fourth-order valence-electron chi connectivity index (χ4n) is 11.9. The van der Waals surface area contributed by atoms with Gasteiger partial charge in [-0.15, -0.1) is 0 Å². The number of carbonyl (C=O) groups is 4. The first-order valence-corrected chi connectivity index (χ1v) is 43.4. The normalized spacial score (nSPS) is 14.3. The number of aliphatic hydroxyl groups excluding tert-OH is 1. The van der Waals surface area contributed by atoms with Gasteiger partial charge in [-0.1, -0.05) is 350 Å². The summed E-state index contributed by atoms with van der Waals surface area (Å²) >= 11 is 0. The average Bonchev–Trinajstić information content (AvgIpc) is 1.19. The number of phosphoric acid groups is 2. The van der Waals surface area contributed by atoms with E-state index in [0.29, 0.717) is 31.6 Å². The Bertz CT molecular complexity index is 1890. The molecule has 0 saturated carbocycles. The Balaban J connectivity index is 5.21. The fourth-order valence-corrected chi connectivity index (χ4v) is 13.5. The van der Waals surface area contributed by atoms with E-state index in [1.165, 1.54) is 205 Å². The lowest BCUT2D eigenvalue weighted by molar-refractivity contribution is -0.161. The lowest BCUT2D eigenvalue weighted by atomic mass is 9.99. The van der Waals surface area contributed by atoms with Crippen LogP contribution in [0.5, 0.6) is 0 Å². The van der Waals surface area contributed by atoms with Crippen LogP contribution in [0.4, 0.5) is 0 Å². The molecule has 0 aliphatic heterocycles. The monoisotopic (exact) mass is 1420 g/mol. The maximum absolute atomic E-state index is 13.1. The van der Waals surface area contributed by atoms with Crippen molar-refractivity contribution in [2.45, 2.75) is 420 Å². The summed E-state index contributed by atoms with van der Waals surface area (Å²) in [7, 11) is -9.91. The van der Waals surface area contributed by atoms with Crippen molar-refractivity contribution in [3.8, 4) is 0 Å². The first-order valence-electron chi connectivity index (χ1n) is 40.4. The van der Waals surface area contributed by atoms with Gasteiger partial charge in [0.15, 0.2) is 12.2 Å². The molecule has 0 aromatic carbocycles. The van der Waals surface area contributed by atoms with E-state index in [1.807, 2.05) is 0 Å². The number of phosphoric ester groups is 2. The molecule has 0 aliphatic carbocycles. The van der Waals surface area contributed by atoms with Crippen LogP contribution in [0, 0.1) is 17.8 Å². The molecule has 0 aliphatic rings. The maximum Gasteiger partial charge on any atom is 0.472 e. The van der Waals surface area contributed by atoms with Gasteiger partial charge in [0, 0.05) is 25.7 Å². The van der Waals surface area contributed by atoms with Crippen LogP contribution in [0.25, 0.3) is 0 Å². The maximum atomic E-state index is 13.1. The molecule has 0 rings (SSSR count). The van der Waals surface area contributed by atoms with Crippen LogP contribution < -0.4 is 0 Å². The van der Waals surface area contributed by atoms with E-state index < -0.39 is 97.5 Å². The fraction of sp³-hybridized carbons (Fsp3) is 0.949. The highest BCUT2D eigenvalue weighted by molar-refractivity contribution is 7.47. The summed E-state index contributed by atoms with van der Waals surface area (Å²) < 4.78 is 68.6. The smallest absolute Gasteiger partial charge is 0.462 e. The first-order chi connectivity index (χ1) is 46.8. The van der Waals surface area contributed by atoms with Gasteiger partial charge in [-0.2, -0.15) is 0 Å². The summed E-state index contributed by atoms with van der Waals surface area (Å²) in [4.78, 5) is 72.9. The molecule has 0 aromatic heterocycles. The molecule has 0 heterocycles. The van der Waals surface area contributed by atoms with Crippen LogP contribution in [-0.2, 0) is 65.4 Å². The van der Waals surface area contributed by atoms with Crippen molar-refractivity contribution in [1.82, 2.24) is 0 Å². The lowest BCUT2D eigenvalue weighted by Crippen LogP contribution is -2.30. The molecule has 17 nitrogen and oxygen atoms in total. The topological polar surface area (TPSA) is 237 Å². The highest BCUT2D eigenvalue weighted by Gasteiger charge is 2.30. The Morgan fingerprint density at radius 1 is 0.299 bits per heavy atom. The number of hydrogen-bond donors (Lipinski definition) is 3. The van der Waals surface area contributed by atoms with Crippen molar-refractivity contribution < 1.29 is 80.2 Å². The van der Waals surface area contributed by atoms with Crippen molar-refractivity contribution >= 4 is 39.5 Å². The Hall–Kier alpha value is -1.94. The van der Waals surface area contributed by atoms with E-state index in [9.17, 15) is 43.2 Å². The van der Waals surface area contributed by atoms with Crippen molar-refractivity contribution in [2.24, 2.45) is 17.8 Å². The van der Waals surface area contributed by atoms with Gasteiger partial charge in [0.1, 0.15) is 19.3 Å². The molecule has 0 amide bonds. The van der Waals surface area contributed by atoms with Crippen LogP contribution in [0.3, 0.4) is 0 Å². The predicted octanol–water partition coefficient (Wildman–Crippen LogP) is 23.0. The third kappa shape index (κ3) is 70.9. The molecule has 3 N–H and O–H groups in total. The van der Waals surface area contributed by atoms with Crippen LogP contribution >= 0.6 is 15.6 Å². The summed E-state index contributed by atoms with van der Waals surface area (Å²) in [6.07, 6.45) is 55.6. The van der Waals surface area contributed by atoms with Crippen LogP contribution in [0.2, 0.25) is 0 Å². The molecule has 0 radical (unpaired) electrons. The number of hydrogen-bond acceptors (Lipinski definition) is 15. The second kappa shape index (κ2) is 68.5. The first kappa shape index (κ1) is 95.1. The number of rotatable bonds is 76. The van der Waals surface area contributed by atoms with Crippen molar-refractivity contribution in [3.63, 3.8) is 0 Å². The molecule has 576 valence electrons. The zero-order valence-corrected chi connectivity index (χ0v) is 65.3. The number of aliphatic hydroxyl groups is 1. The Kier molecular flexibility index (Phi) is 67.1. The largest absolute Gasteiger partial charge is 0.472 e. The summed E-state index contributed by atoms with van der Waals surface area (Å²) in [6.45, 7) is 11.9. The van der Waals surface area contributed by atoms with Gasteiger partial charge < -0.3 is 33.8 Å². The molecule has 3 unspecified atom stereocenters. The quantitative estimate of drug-likeness (QED) is 0.0222. The summed E-state index contributed by atoms with van der Waals surface area (Å²) in [5, 5.41) is 10.6. The third-order valence-electron chi connectivity index (χ3n) is 18.5. The minimum atomic E-state index is -4.96. The lowest BCUT2D eigenvalue weighted by Gasteiger charge is -2.21. The van der Waals surface area contributed by atoms with Crippen LogP contribution in [0.1, 0.15) is 402 Å². The number of unbranched alkanes of at least 4 members (excludes halogenated alkanes) is 43. The summed E-state index contributed by atoms with van der Waals surface area (Å²) in [5.74, 6) is 0.178. The van der Waals surface area contributed by atoms with E-state index in [0.717, 1.165) is 108 Å². The van der Waals surface area contributed by atoms with Gasteiger partial charge >= 0.3 is 39.5 Å². The average molecular weight is 1420 g/mol. The molecule has 19 heteroatoms. The van der Waals surface area contributed by atoms with Gasteiger partial charge in [0.25, 0.3) is 0 Å². The van der Waals surface area contributed by atoms with E-state index >= 15 is 0 Å². The zero-order chi connectivity index (χ0) is 71.6. The molecular weight excluding hydrogens is 1270 g/mol.